The van der Waals surface area contributed by atoms with Crippen LogP contribution in [0.5, 0.6) is 0 Å². The fraction of sp³-hybridized carbons (Fsp3) is 0.625. The van der Waals surface area contributed by atoms with Gasteiger partial charge < -0.3 is 16.0 Å². The highest BCUT2D eigenvalue weighted by atomic mass is 15.3. The second-order valence-electron chi connectivity index (χ2n) is 10.2. The lowest BCUT2D eigenvalue weighted by molar-refractivity contribution is 0.0103. The molecule has 7 rings (SSSR count). The molecule has 0 amide bonds. The summed E-state index contributed by atoms with van der Waals surface area (Å²) in [4.78, 5) is 14.2. The van der Waals surface area contributed by atoms with Crippen molar-refractivity contribution in [3.63, 3.8) is 0 Å². The van der Waals surface area contributed by atoms with E-state index < -0.39 is 0 Å². The number of anilines is 3. The van der Waals surface area contributed by atoms with Crippen molar-refractivity contribution in [2.75, 3.05) is 22.5 Å². The van der Waals surface area contributed by atoms with Gasteiger partial charge in [0.15, 0.2) is 0 Å². The van der Waals surface area contributed by atoms with Gasteiger partial charge in [0.2, 0.25) is 17.8 Å². The Balaban J connectivity index is 1.19. The first-order valence-electron chi connectivity index (χ1n) is 11.8. The molecule has 5 saturated carbocycles. The van der Waals surface area contributed by atoms with E-state index in [1.165, 1.54) is 56.9 Å². The zero-order valence-electron chi connectivity index (χ0n) is 17.6. The van der Waals surface area contributed by atoms with Crippen molar-refractivity contribution in [2.24, 2.45) is 17.8 Å². The molecule has 5 aliphatic carbocycles. The molecule has 6 nitrogen and oxygen atoms in total. The average molecular weight is 405 g/mol. The third kappa shape index (κ3) is 3.96. The molecule has 5 fully saturated rings. The van der Waals surface area contributed by atoms with Gasteiger partial charge in [0, 0.05) is 18.1 Å². The molecule has 6 heteroatoms. The lowest BCUT2D eigenvalue weighted by atomic mass is 9.53. The van der Waals surface area contributed by atoms with E-state index in [-0.39, 0.29) is 5.54 Å². The van der Waals surface area contributed by atoms with Crippen molar-refractivity contribution in [3.8, 4) is 0 Å². The van der Waals surface area contributed by atoms with Crippen LogP contribution in [0, 0.1) is 17.8 Å². The Morgan fingerprint density at radius 2 is 1.43 bits per heavy atom. The van der Waals surface area contributed by atoms with Crippen LogP contribution < -0.4 is 16.0 Å². The minimum atomic E-state index is 0.203. The van der Waals surface area contributed by atoms with Crippen molar-refractivity contribution in [1.82, 2.24) is 15.0 Å². The second kappa shape index (κ2) is 7.40. The largest absolute Gasteiger partial charge is 0.354 e. The number of rotatable bonds is 8. The van der Waals surface area contributed by atoms with E-state index in [0.717, 1.165) is 36.7 Å². The molecule has 0 aliphatic heterocycles. The first-order chi connectivity index (χ1) is 14.7. The molecule has 1 aromatic heterocycles. The summed E-state index contributed by atoms with van der Waals surface area (Å²) in [5, 5.41) is 10.7. The van der Waals surface area contributed by atoms with Gasteiger partial charge in [0.25, 0.3) is 0 Å². The molecule has 0 atom stereocenters. The van der Waals surface area contributed by atoms with E-state index in [1.807, 2.05) is 0 Å². The predicted octanol–water partition coefficient (Wildman–Crippen LogP) is 4.48. The van der Waals surface area contributed by atoms with Crippen molar-refractivity contribution in [2.45, 2.75) is 69.4 Å². The Labute approximate surface area is 178 Å². The minimum Gasteiger partial charge on any atom is -0.354 e. The molecule has 1 heterocycles. The van der Waals surface area contributed by atoms with Gasteiger partial charge >= 0.3 is 0 Å². The third-order valence-corrected chi connectivity index (χ3v) is 7.50. The van der Waals surface area contributed by atoms with Crippen LogP contribution in [0.25, 0.3) is 0 Å². The summed E-state index contributed by atoms with van der Waals surface area (Å²) in [5.41, 5.74) is 1.52. The van der Waals surface area contributed by atoms with Crippen molar-refractivity contribution < 1.29 is 0 Å². The summed E-state index contributed by atoms with van der Waals surface area (Å²) in [6.07, 6.45) is 11.6. The van der Waals surface area contributed by atoms with Crippen LogP contribution >= 0.6 is 0 Å². The lowest BCUT2D eigenvalue weighted by Gasteiger charge is -2.56. The van der Waals surface area contributed by atoms with Crippen LogP contribution in [-0.2, 0) is 6.42 Å². The van der Waals surface area contributed by atoms with Crippen molar-refractivity contribution in [1.29, 1.82) is 0 Å². The van der Waals surface area contributed by atoms with Gasteiger partial charge in [-0.25, -0.2) is 0 Å². The van der Waals surface area contributed by atoms with Gasteiger partial charge in [0.1, 0.15) is 0 Å². The summed E-state index contributed by atoms with van der Waals surface area (Å²) >= 11 is 0. The minimum absolute atomic E-state index is 0.203. The molecule has 5 aliphatic rings. The molecule has 0 spiro atoms. The number of benzene rings is 1. The maximum absolute atomic E-state index is 4.78. The lowest BCUT2D eigenvalue weighted by Crippen LogP contribution is -2.55. The van der Waals surface area contributed by atoms with Crippen LogP contribution in [0.2, 0.25) is 0 Å². The molecule has 2 aromatic rings. The zero-order chi connectivity index (χ0) is 20.0. The van der Waals surface area contributed by atoms with Crippen LogP contribution in [0.15, 0.2) is 30.3 Å². The molecule has 0 radical (unpaired) electrons. The van der Waals surface area contributed by atoms with Crippen LogP contribution in [0.4, 0.5) is 17.8 Å². The Kier molecular flexibility index (Phi) is 4.54. The fourth-order valence-electron chi connectivity index (χ4n) is 6.45. The van der Waals surface area contributed by atoms with E-state index in [2.05, 4.69) is 51.3 Å². The first kappa shape index (κ1) is 18.4. The predicted molar refractivity (Wildman–Crippen MR) is 120 cm³/mol. The highest BCUT2D eigenvalue weighted by Crippen LogP contribution is 2.56. The maximum atomic E-state index is 4.78. The molecule has 1 aromatic carbocycles. The summed E-state index contributed by atoms with van der Waals surface area (Å²) in [5.74, 6) is 4.84. The molecule has 4 bridgehead atoms. The standard InChI is InChI=1S/C24H32N6/c1-2-4-16(5-3-1)8-9-25-21-27-22(26-20-6-7-20)29-23(28-21)30-24-13-17-10-18(14-24)12-19(11-17)15-24/h1-5,17-20H,6-15H2,(H3,25,26,27,28,29,30). The molecular weight excluding hydrogens is 372 g/mol. The summed E-state index contributed by atoms with van der Waals surface area (Å²) in [6, 6.07) is 11.1. The van der Waals surface area contributed by atoms with E-state index >= 15 is 0 Å². The average Bonchev–Trinajstić information content (AvgIpc) is 3.51. The molecule has 0 saturated heterocycles. The SMILES string of the molecule is c1ccc(CCNc2nc(NC3CC3)nc(NC34CC5CC(CC(C5)C3)C4)n2)cc1. The zero-order valence-corrected chi connectivity index (χ0v) is 17.6. The summed E-state index contributed by atoms with van der Waals surface area (Å²) in [6.45, 7) is 0.813. The van der Waals surface area contributed by atoms with E-state index in [4.69, 9.17) is 9.97 Å². The number of hydrogen-bond donors (Lipinski definition) is 3. The fourth-order valence-corrected chi connectivity index (χ4v) is 6.45. The van der Waals surface area contributed by atoms with Crippen LogP contribution in [-0.4, -0.2) is 33.1 Å². The first-order valence-corrected chi connectivity index (χ1v) is 11.8. The summed E-state index contributed by atoms with van der Waals surface area (Å²) in [7, 11) is 0. The maximum Gasteiger partial charge on any atom is 0.229 e. The highest BCUT2D eigenvalue weighted by Gasteiger charge is 2.51. The monoisotopic (exact) mass is 404 g/mol. The van der Waals surface area contributed by atoms with Gasteiger partial charge in [-0.1, -0.05) is 30.3 Å². The Hall–Kier alpha value is -2.37. The smallest absolute Gasteiger partial charge is 0.229 e. The van der Waals surface area contributed by atoms with Gasteiger partial charge in [-0.05, 0) is 81.1 Å². The second-order valence-corrected chi connectivity index (χ2v) is 10.2. The van der Waals surface area contributed by atoms with E-state index in [0.29, 0.717) is 17.9 Å². The Morgan fingerprint density at radius 1 is 0.800 bits per heavy atom. The number of hydrogen-bond acceptors (Lipinski definition) is 6. The molecule has 0 unspecified atom stereocenters. The van der Waals surface area contributed by atoms with E-state index in [1.54, 1.807) is 0 Å². The summed E-state index contributed by atoms with van der Waals surface area (Å²) < 4.78 is 0. The van der Waals surface area contributed by atoms with Gasteiger partial charge in [0.05, 0.1) is 0 Å². The van der Waals surface area contributed by atoms with Crippen LogP contribution in [0.1, 0.15) is 56.9 Å². The molecule has 3 N–H and O–H groups in total. The van der Waals surface area contributed by atoms with Gasteiger partial charge in [-0.3, -0.25) is 0 Å². The molecule has 30 heavy (non-hydrogen) atoms. The highest BCUT2D eigenvalue weighted by molar-refractivity contribution is 5.45. The normalized spacial score (nSPS) is 31.5. The topological polar surface area (TPSA) is 74.8 Å². The van der Waals surface area contributed by atoms with Crippen LogP contribution in [0.3, 0.4) is 0 Å². The van der Waals surface area contributed by atoms with Gasteiger partial charge in [-0.2, -0.15) is 15.0 Å². The van der Waals surface area contributed by atoms with E-state index in [9.17, 15) is 0 Å². The van der Waals surface area contributed by atoms with Crippen molar-refractivity contribution in [3.05, 3.63) is 35.9 Å². The van der Waals surface area contributed by atoms with Gasteiger partial charge in [-0.15, -0.1) is 0 Å². The Bertz CT molecular complexity index is 859. The third-order valence-electron chi connectivity index (χ3n) is 7.50. The molecular formula is C24H32N6. The quantitative estimate of drug-likeness (QED) is 0.602. The Morgan fingerprint density at radius 3 is 2.10 bits per heavy atom. The molecule has 158 valence electrons. The number of nitrogens with one attached hydrogen (secondary N) is 3. The number of nitrogens with zero attached hydrogens (tertiary/aromatic N) is 3. The number of aromatic nitrogens is 3. The van der Waals surface area contributed by atoms with Crippen molar-refractivity contribution >= 4 is 17.8 Å².